The number of hydrogen-bond acceptors (Lipinski definition) is 3. The molecule has 0 heterocycles. The summed E-state index contributed by atoms with van der Waals surface area (Å²) < 4.78 is 0. The van der Waals surface area contributed by atoms with Crippen LogP contribution in [0, 0.1) is 0 Å². The Labute approximate surface area is 62.9 Å². The third kappa shape index (κ3) is 9.37. The molecule has 0 atom stereocenters. The quantitative estimate of drug-likeness (QED) is 0.319. The van der Waals surface area contributed by atoms with Crippen LogP contribution in [0.1, 0.15) is 6.92 Å². The van der Waals surface area contributed by atoms with Crippen LogP contribution in [0.4, 0.5) is 4.79 Å². The van der Waals surface area contributed by atoms with Crippen LogP contribution in [0.25, 0.3) is 0 Å². The van der Waals surface area contributed by atoms with Gasteiger partial charge >= 0.3 is 29.2 Å². The summed E-state index contributed by atoms with van der Waals surface area (Å²) in [5, 5.41) is 7.70. The standard InChI is InChI=1S/C3H6O4.Mg.2H/c1-2-6-7-3(4)5;;;/h2H2,1H3,(H,4,5);;;. The maximum absolute atomic E-state index is 9.41. The smallest absolute Gasteiger partial charge is 0.448 e. The SMILES string of the molecule is CCOOC(=O)O.[MgH2]. The Balaban J connectivity index is 0. The van der Waals surface area contributed by atoms with Crippen molar-refractivity contribution in [1.29, 1.82) is 0 Å². The van der Waals surface area contributed by atoms with Gasteiger partial charge in [-0.05, 0) is 6.92 Å². The number of rotatable bonds is 2. The van der Waals surface area contributed by atoms with Crippen LogP contribution in [0.15, 0.2) is 0 Å². The minimum atomic E-state index is -1.41. The molecule has 0 saturated heterocycles. The Hall–Kier alpha value is -0.00377. The summed E-state index contributed by atoms with van der Waals surface area (Å²) in [6.07, 6.45) is -1.41. The highest BCUT2D eigenvalue weighted by Crippen LogP contribution is 1.75. The predicted octanol–water partition coefficient (Wildman–Crippen LogP) is -0.284. The fourth-order valence-electron chi connectivity index (χ4n) is 0.109. The normalized spacial score (nSPS) is 7.12. The van der Waals surface area contributed by atoms with E-state index >= 15 is 0 Å². The molecule has 0 unspecified atom stereocenters. The van der Waals surface area contributed by atoms with Gasteiger partial charge in [-0.1, -0.05) is 0 Å². The third-order valence-corrected chi connectivity index (χ3v) is 0.248. The van der Waals surface area contributed by atoms with Crippen molar-refractivity contribution in [3.05, 3.63) is 0 Å². The Morgan fingerprint density at radius 3 is 2.38 bits per heavy atom. The molecule has 1 N–H and O–H groups in total. The average Bonchev–Trinajstić information content (AvgIpc) is 1.61. The van der Waals surface area contributed by atoms with E-state index in [-0.39, 0.29) is 29.7 Å². The zero-order chi connectivity index (χ0) is 5.70. The minimum absolute atomic E-state index is 0. The predicted molar refractivity (Wildman–Crippen MR) is 29.3 cm³/mol. The van der Waals surface area contributed by atoms with Crippen LogP contribution < -0.4 is 0 Å². The second-order valence-electron chi connectivity index (χ2n) is 0.756. The molecule has 0 aliphatic carbocycles. The first-order valence-electron chi connectivity index (χ1n) is 1.79. The molecule has 0 fully saturated rings. The second-order valence-corrected chi connectivity index (χ2v) is 0.756. The Kier molecular flexibility index (Phi) is 9.52. The van der Waals surface area contributed by atoms with Gasteiger partial charge in [0.05, 0.1) is 6.61 Å². The van der Waals surface area contributed by atoms with Crippen molar-refractivity contribution in [3.63, 3.8) is 0 Å². The van der Waals surface area contributed by atoms with E-state index < -0.39 is 6.16 Å². The van der Waals surface area contributed by atoms with E-state index in [0.717, 1.165) is 0 Å². The zero-order valence-corrected chi connectivity index (χ0v) is 3.88. The molecule has 0 spiro atoms. The van der Waals surface area contributed by atoms with Crippen molar-refractivity contribution < 1.29 is 19.7 Å². The first-order chi connectivity index (χ1) is 3.27. The Morgan fingerprint density at radius 1 is 1.75 bits per heavy atom. The van der Waals surface area contributed by atoms with E-state index in [1.54, 1.807) is 6.92 Å². The lowest BCUT2D eigenvalue weighted by atomic mass is 10.9. The van der Waals surface area contributed by atoms with Gasteiger partial charge in [0.1, 0.15) is 0 Å². The van der Waals surface area contributed by atoms with E-state index in [1.165, 1.54) is 0 Å². The molecule has 0 saturated carbocycles. The minimum Gasteiger partial charge on any atom is -0.448 e. The van der Waals surface area contributed by atoms with Crippen molar-refractivity contribution in [1.82, 2.24) is 0 Å². The molecule has 5 heteroatoms. The van der Waals surface area contributed by atoms with Crippen molar-refractivity contribution in [2.45, 2.75) is 6.92 Å². The number of carboxylic acid groups (broad SMARTS) is 1. The fourth-order valence-corrected chi connectivity index (χ4v) is 0.109. The van der Waals surface area contributed by atoms with Gasteiger partial charge in [-0.3, -0.25) is 4.89 Å². The first-order valence-corrected chi connectivity index (χ1v) is 1.79. The van der Waals surface area contributed by atoms with Crippen LogP contribution in [0.2, 0.25) is 0 Å². The van der Waals surface area contributed by atoms with Crippen molar-refractivity contribution >= 4 is 29.2 Å². The molecule has 0 aromatic carbocycles. The summed E-state index contributed by atoms with van der Waals surface area (Å²) in [5.74, 6) is 0. The highest BCUT2D eigenvalue weighted by Gasteiger charge is 1.91. The van der Waals surface area contributed by atoms with E-state index in [9.17, 15) is 4.79 Å². The molecule has 46 valence electrons. The third-order valence-electron chi connectivity index (χ3n) is 0.248. The van der Waals surface area contributed by atoms with Crippen LogP contribution in [0.3, 0.4) is 0 Å². The maximum Gasteiger partial charge on any atom is 0.537 e. The fraction of sp³-hybridized carbons (Fsp3) is 0.667. The first kappa shape index (κ1) is 10.9. The molecular formula is C3H8MgO4. The zero-order valence-electron chi connectivity index (χ0n) is 3.88. The number of hydrogen-bond donors (Lipinski definition) is 1. The maximum atomic E-state index is 9.41. The summed E-state index contributed by atoms with van der Waals surface area (Å²) in [6, 6.07) is 0. The van der Waals surface area contributed by atoms with Crippen LogP contribution in [-0.4, -0.2) is 40.9 Å². The highest BCUT2D eigenvalue weighted by atomic mass is 24.3. The molecule has 0 aromatic rings. The largest absolute Gasteiger partial charge is 0.537 e. The van der Waals surface area contributed by atoms with E-state index in [4.69, 9.17) is 5.11 Å². The van der Waals surface area contributed by atoms with Gasteiger partial charge in [0.15, 0.2) is 0 Å². The molecule has 8 heavy (non-hydrogen) atoms. The summed E-state index contributed by atoms with van der Waals surface area (Å²) in [4.78, 5) is 17.0. The molecule has 0 aliphatic rings. The molecule has 0 rings (SSSR count). The van der Waals surface area contributed by atoms with Crippen LogP contribution in [0.5, 0.6) is 0 Å². The molecule has 4 nitrogen and oxygen atoms in total. The topological polar surface area (TPSA) is 55.8 Å². The van der Waals surface area contributed by atoms with Gasteiger partial charge in [-0.15, -0.1) is 0 Å². The summed E-state index contributed by atoms with van der Waals surface area (Å²) in [7, 11) is 0. The molecule has 0 bridgehead atoms. The lowest BCUT2D eigenvalue weighted by molar-refractivity contribution is -0.247. The van der Waals surface area contributed by atoms with Crippen molar-refractivity contribution in [3.8, 4) is 0 Å². The van der Waals surface area contributed by atoms with Crippen LogP contribution in [-0.2, 0) is 9.78 Å². The van der Waals surface area contributed by atoms with Gasteiger partial charge in [0, 0.05) is 0 Å². The van der Waals surface area contributed by atoms with E-state index in [0.29, 0.717) is 0 Å². The Bertz CT molecular complexity index is 64.3. The van der Waals surface area contributed by atoms with E-state index in [2.05, 4.69) is 9.78 Å². The summed E-state index contributed by atoms with van der Waals surface area (Å²) in [5.41, 5.74) is 0. The molecule has 0 radical (unpaired) electrons. The van der Waals surface area contributed by atoms with Gasteiger partial charge in [0.2, 0.25) is 0 Å². The summed E-state index contributed by atoms with van der Waals surface area (Å²) in [6.45, 7) is 1.87. The van der Waals surface area contributed by atoms with Crippen molar-refractivity contribution in [2.75, 3.05) is 6.61 Å². The lowest BCUT2D eigenvalue weighted by Crippen LogP contribution is -2.00. The van der Waals surface area contributed by atoms with Gasteiger partial charge < -0.3 is 5.11 Å². The summed E-state index contributed by atoms with van der Waals surface area (Å²) >= 11 is 0. The average molecular weight is 132 g/mol. The van der Waals surface area contributed by atoms with Gasteiger partial charge in [0.25, 0.3) is 0 Å². The molecule has 0 aliphatic heterocycles. The van der Waals surface area contributed by atoms with E-state index in [1.807, 2.05) is 0 Å². The molecule has 0 amide bonds. The molecule has 0 aromatic heterocycles. The number of carbonyl (C=O) groups is 1. The monoisotopic (exact) mass is 132 g/mol. The van der Waals surface area contributed by atoms with Gasteiger partial charge in [-0.2, -0.15) is 4.89 Å². The van der Waals surface area contributed by atoms with Crippen LogP contribution >= 0.6 is 0 Å². The molecular weight excluding hydrogens is 124 g/mol. The lowest BCUT2D eigenvalue weighted by Gasteiger charge is -1.90. The highest BCUT2D eigenvalue weighted by molar-refractivity contribution is 5.75. The van der Waals surface area contributed by atoms with Gasteiger partial charge in [-0.25, -0.2) is 4.79 Å². The Morgan fingerprint density at radius 2 is 2.25 bits per heavy atom. The van der Waals surface area contributed by atoms with Crippen molar-refractivity contribution in [2.24, 2.45) is 0 Å². The second kappa shape index (κ2) is 7.00.